The quantitative estimate of drug-likeness (QED) is 0.890. The number of hydrogen-bond acceptors (Lipinski definition) is 4. The van der Waals surface area contributed by atoms with Crippen molar-refractivity contribution < 1.29 is 0 Å². The van der Waals surface area contributed by atoms with Crippen LogP contribution in [0.25, 0.3) is 0 Å². The molecule has 4 heteroatoms. The molecule has 2 N–H and O–H groups in total. The summed E-state index contributed by atoms with van der Waals surface area (Å²) in [5.74, 6) is 0. The Hall–Kier alpha value is -1.57. The van der Waals surface area contributed by atoms with Gasteiger partial charge in [0.15, 0.2) is 0 Å². The molecule has 1 saturated heterocycles. The molecule has 1 aliphatic rings. The molecule has 19 heavy (non-hydrogen) atoms. The van der Waals surface area contributed by atoms with Crippen molar-refractivity contribution in [3.05, 3.63) is 29.3 Å². The van der Waals surface area contributed by atoms with Crippen molar-refractivity contribution in [1.82, 2.24) is 4.90 Å². The van der Waals surface area contributed by atoms with Crippen LogP contribution < -0.4 is 10.6 Å². The van der Waals surface area contributed by atoms with Crippen LogP contribution in [0.5, 0.6) is 0 Å². The van der Waals surface area contributed by atoms with E-state index in [1.165, 1.54) is 13.0 Å². The van der Waals surface area contributed by atoms with Crippen molar-refractivity contribution in [2.24, 2.45) is 5.73 Å². The Morgan fingerprint density at radius 3 is 2.58 bits per heavy atom. The summed E-state index contributed by atoms with van der Waals surface area (Å²) in [4.78, 5) is 4.79. The molecule has 1 aromatic rings. The molecule has 1 heterocycles. The Balaban J connectivity index is 2.09. The SMILES string of the molecule is CCCN1CCN(c2ccc(CN)cc2C#N)CC1. The molecule has 4 nitrogen and oxygen atoms in total. The lowest BCUT2D eigenvalue weighted by atomic mass is 10.1. The fourth-order valence-electron chi connectivity index (χ4n) is 2.60. The van der Waals surface area contributed by atoms with Gasteiger partial charge in [-0.25, -0.2) is 0 Å². The number of nitrogens with zero attached hydrogens (tertiary/aromatic N) is 3. The van der Waals surface area contributed by atoms with Crippen LogP contribution in [0.2, 0.25) is 0 Å². The highest BCUT2D eigenvalue weighted by atomic mass is 15.3. The maximum Gasteiger partial charge on any atom is 0.101 e. The molecule has 0 unspecified atom stereocenters. The zero-order valence-corrected chi connectivity index (χ0v) is 11.6. The molecular formula is C15H22N4. The van der Waals surface area contributed by atoms with Crippen molar-refractivity contribution in [1.29, 1.82) is 5.26 Å². The molecule has 0 saturated carbocycles. The summed E-state index contributed by atoms with van der Waals surface area (Å²) in [5, 5.41) is 9.28. The third-order valence-electron chi connectivity index (χ3n) is 3.67. The zero-order chi connectivity index (χ0) is 13.7. The van der Waals surface area contributed by atoms with Gasteiger partial charge in [-0.3, -0.25) is 4.90 Å². The summed E-state index contributed by atoms with van der Waals surface area (Å²) < 4.78 is 0. The fraction of sp³-hybridized carbons (Fsp3) is 0.533. The number of nitriles is 1. The zero-order valence-electron chi connectivity index (χ0n) is 11.6. The first kappa shape index (κ1) is 13.9. The Labute approximate surface area is 115 Å². The van der Waals surface area contributed by atoms with E-state index in [0.717, 1.165) is 43.0 Å². The lowest BCUT2D eigenvalue weighted by Crippen LogP contribution is -2.46. The van der Waals surface area contributed by atoms with Gasteiger partial charge in [0.1, 0.15) is 6.07 Å². The normalized spacial score (nSPS) is 16.4. The van der Waals surface area contributed by atoms with Gasteiger partial charge in [0.25, 0.3) is 0 Å². The van der Waals surface area contributed by atoms with Crippen LogP contribution in [0.1, 0.15) is 24.5 Å². The number of piperazine rings is 1. The first-order chi connectivity index (χ1) is 9.28. The summed E-state index contributed by atoms with van der Waals surface area (Å²) in [5.41, 5.74) is 8.44. The van der Waals surface area contributed by atoms with Gasteiger partial charge in [0, 0.05) is 32.7 Å². The van der Waals surface area contributed by atoms with Gasteiger partial charge in [-0.15, -0.1) is 0 Å². The Bertz CT molecular complexity index is 456. The van der Waals surface area contributed by atoms with E-state index in [9.17, 15) is 5.26 Å². The first-order valence-electron chi connectivity index (χ1n) is 6.99. The van der Waals surface area contributed by atoms with Gasteiger partial charge < -0.3 is 10.6 Å². The lowest BCUT2D eigenvalue weighted by Gasteiger charge is -2.36. The largest absolute Gasteiger partial charge is 0.368 e. The van der Waals surface area contributed by atoms with E-state index < -0.39 is 0 Å². The Morgan fingerprint density at radius 2 is 2.00 bits per heavy atom. The number of benzene rings is 1. The second kappa shape index (κ2) is 6.55. The molecular weight excluding hydrogens is 236 g/mol. The molecule has 0 bridgehead atoms. The summed E-state index contributed by atoms with van der Waals surface area (Å²) in [6.45, 7) is 8.03. The van der Waals surface area contributed by atoms with Crippen molar-refractivity contribution >= 4 is 5.69 Å². The van der Waals surface area contributed by atoms with Crippen molar-refractivity contribution in [2.45, 2.75) is 19.9 Å². The average Bonchev–Trinajstić information content (AvgIpc) is 2.48. The van der Waals surface area contributed by atoms with Crippen molar-refractivity contribution in [3.8, 4) is 6.07 Å². The van der Waals surface area contributed by atoms with Crippen molar-refractivity contribution in [3.63, 3.8) is 0 Å². The topological polar surface area (TPSA) is 56.3 Å². The van der Waals surface area contributed by atoms with Crippen LogP contribution in [-0.2, 0) is 6.54 Å². The van der Waals surface area contributed by atoms with E-state index in [1.807, 2.05) is 18.2 Å². The highest BCUT2D eigenvalue weighted by molar-refractivity contribution is 5.60. The summed E-state index contributed by atoms with van der Waals surface area (Å²) >= 11 is 0. The molecule has 102 valence electrons. The minimum atomic E-state index is 0.485. The molecule has 0 aliphatic carbocycles. The summed E-state index contributed by atoms with van der Waals surface area (Å²) in [6, 6.07) is 8.26. The molecule has 0 spiro atoms. The standard InChI is InChI=1S/C15H22N4/c1-2-5-18-6-8-19(9-7-18)15-4-3-13(11-16)10-14(15)12-17/h3-4,10H,2,5-9,11,16H2,1H3. The molecule has 1 aromatic carbocycles. The highest BCUT2D eigenvalue weighted by Crippen LogP contribution is 2.22. The van der Waals surface area contributed by atoms with Gasteiger partial charge in [0.05, 0.1) is 11.3 Å². The van der Waals surface area contributed by atoms with E-state index in [1.54, 1.807) is 0 Å². The minimum Gasteiger partial charge on any atom is -0.368 e. The maximum absolute atomic E-state index is 9.28. The summed E-state index contributed by atoms with van der Waals surface area (Å²) in [6.07, 6.45) is 1.20. The minimum absolute atomic E-state index is 0.485. The molecule has 0 radical (unpaired) electrons. The summed E-state index contributed by atoms with van der Waals surface area (Å²) in [7, 11) is 0. The van der Waals surface area contributed by atoms with Gasteiger partial charge in [-0.2, -0.15) is 5.26 Å². The molecule has 1 aliphatic heterocycles. The molecule has 0 amide bonds. The van der Waals surface area contributed by atoms with E-state index in [2.05, 4.69) is 22.8 Å². The van der Waals surface area contributed by atoms with Crippen LogP contribution in [0.4, 0.5) is 5.69 Å². The molecule has 1 fully saturated rings. The van der Waals surface area contributed by atoms with Gasteiger partial charge in [-0.1, -0.05) is 13.0 Å². The highest BCUT2D eigenvalue weighted by Gasteiger charge is 2.18. The predicted molar refractivity (Wildman–Crippen MR) is 78.0 cm³/mol. The van der Waals surface area contributed by atoms with Crippen LogP contribution in [0.3, 0.4) is 0 Å². The van der Waals surface area contributed by atoms with Crippen LogP contribution >= 0.6 is 0 Å². The Kier molecular flexibility index (Phi) is 4.78. The first-order valence-corrected chi connectivity index (χ1v) is 6.99. The Morgan fingerprint density at radius 1 is 1.26 bits per heavy atom. The van der Waals surface area contributed by atoms with Crippen molar-refractivity contribution in [2.75, 3.05) is 37.6 Å². The number of anilines is 1. The molecule has 0 atom stereocenters. The number of nitrogens with two attached hydrogens (primary N) is 1. The molecule has 2 rings (SSSR count). The van der Waals surface area contributed by atoms with Gasteiger partial charge in [-0.05, 0) is 30.7 Å². The fourth-order valence-corrected chi connectivity index (χ4v) is 2.60. The third kappa shape index (κ3) is 3.25. The second-order valence-electron chi connectivity index (χ2n) is 5.00. The van der Waals surface area contributed by atoms with Crippen LogP contribution in [0.15, 0.2) is 18.2 Å². The number of rotatable bonds is 4. The van der Waals surface area contributed by atoms with Gasteiger partial charge >= 0.3 is 0 Å². The maximum atomic E-state index is 9.28. The van der Waals surface area contributed by atoms with E-state index in [-0.39, 0.29) is 0 Å². The predicted octanol–water partition coefficient (Wildman–Crippen LogP) is 1.55. The number of hydrogen-bond donors (Lipinski definition) is 1. The van der Waals surface area contributed by atoms with Crippen LogP contribution in [-0.4, -0.2) is 37.6 Å². The third-order valence-corrected chi connectivity index (χ3v) is 3.67. The van der Waals surface area contributed by atoms with Crippen LogP contribution in [0, 0.1) is 11.3 Å². The average molecular weight is 258 g/mol. The van der Waals surface area contributed by atoms with E-state index in [0.29, 0.717) is 6.54 Å². The second-order valence-corrected chi connectivity index (χ2v) is 5.00. The van der Waals surface area contributed by atoms with E-state index in [4.69, 9.17) is 5.73 Å². The monoisotopic (exact) mass is 258 g/mol. The van der Waals surface area contributed by atoms with Gasteiger partial charge in [0.2, 0.25) is 0 Å². The van der Waals surface area contributed by atoms with E-state index >= 15 is 0 Å². The lowest BCUT2D eigenvalue weighted by molar-refractivity contribution is 0.258. The smallest absolute Gasteiger partial charge is 0.101 e. The molecule has 0 aromatic heterocycles.